The van der Waals surface area contributed by atoms with Gasteiger partial charge in [-0.05, 0) is 37.6 Å². The lowest BCUT2D eigenvalue weighted by atomic mass is 10.1. The molecule has 1 aliphatic rings. The van der Waals surface area contributed by atoms with Crippen LogP contribution in [0.2, 0.25) is 0 Å². The first kappa shape index (κ1) is 39.4. The summed E-state index contributed by atoms with van der Waals surface area (Å²) in [6.07, 6.45) is 26.7. The molecule has 1 aromatic carbocycles. The van der Waals surface area contributed by atoms with Crippen LogP contribution in [0.3, 0.4) is 0 Å². The van der Waals surface area contributed by atoms with E-state index in [1.807, 2.05) is 18.2 Å². The zero-order valence-corrected chi connectivity index (χ0v) is 29.8. The molecule has 1 saturated heterocycles. The summed E-state index contributed by atoms with van der Waals surface area (Å²) >= 11 is 0. The molecule has 1 aromatic rings. The minimum Gasteiger partial charge on any atom is -0.493 e. The molecule has 0 saturated carbocycles. The first-order valence-corrected chi connectivity index (χ1v) is 19.1. The van der Waals surface area contributed by atoms with Gasteiger partial charge in [0.25, 0.3) is 0 Å². The fourth-order valence-electron chi connectivity index (χ4n) is 6.00. The number of carbonyl (C=O) groups excluding carboxylic acids is 1. The van der Waals surface area contributed by atoms with Crippen molar-refractivity contribution in [3.8, 4) is 11.5 Å². The van der Waals surface area contributed by atoms with Crippen molar-refractivity contribution < 1.29 is 19.0 Å². The van der Waals surface area contributed by atoms with Crippen LogP contribution in [0.4, 0.5) is 0 Å². The van der Waals surface area contributed by atoms with Crippen LogP contribution in [0.5, 0.6) is 11.5 Å². The fourth-order valence-corrected chi connectivity index (χ4v) is 6.00. The summed E-state index contributed by atoms with van der Waals surface area (Å²) in [4.78, 5) is 17.2. The summed E-state index contributed by atoms with van der Waals surface area (Å²) in [7, 11) is 2.15. The Bertz CT molecular complexity index is 796. The highest BCUT2D eigenvalue weighted by Crippen LogP contribution is 2.25. The number of likely N-dealkylation sites (N-methyl/N-ethyl adjacent to an activating group) is 1. The molecular formula is C39H70N2O4. The second-order valence-electron chi connectivity index (χ2n) is 13.4. The quantitative estimate of drug-likeness (QED) is 0.0649. The van der Waals surface area contributed by atoms with Crippen molar-refractivity contribution in [1.82, 2.24) is 9.80 Å². The van der Waals surface area contributed by atoms with Crippen LogP contribution in [0.1, 0.15) is 154 Å². The van der Waals surface area contributed by atoms with Gasteiger partial charge < -0.3 is 24.0 Å². The normalized spacial score (nSPS) is 14.1. The number of hydrogen-bond acceptors (Lipinski definition) is 6. The van der Waals surface area contributed by atoms with E-state index in [1.54, 1.807) is 0 Å². The van der Waals surface area contributed by atoms with Gasteiger partial charge in [-0.1, -0.05) is 129 Å². The third kappa shape index (κ3) is 21.6. The number of esters is 1. The molecule has 0 bridgehead atoms. The van der Waals surface area contributed by atoms with Crippen LogP contribution in [0.25, 0.3) is 0 Å². The Balaban J connectivity index is 1.72. The molecule has 0 unspecified atom stereocenters. The van der Waals surface area contributed by atoms with E-state index in [1.165, 1.54) is 116 Å². The number of rotatable bonds is 29. The molecule has 45 heavy (non-hydrogen) atoms. The molecular weight excluding hydrogens is 560 g/mol. The molecule has 0 radical (unpaired) electrons. The van der Waals surface area contributed by atoms with Gasteiger partial charge in [-0.15, -0.1) is 0 Å². The number of piperazine rings is 1. The number of ether oxygens (including phenoxy) is 3. The maximum absolute atomic E-state index is 12.5. The molecule has 0 N–H and O–H groups in total. The van der Waals surface area contributed by atoms with Crippen LogP contribution in [-0.2, 0) is 16.1 Å². The van der Waals surface area contributed by atoms with Crippen LogP contribution in [0.15, 0.2) is 18.2 Å². The van der Waals surface area contributed by atoms with Gasteiger partial charge >= 0.3 is 5.97 Å². The zero-order valence-electron chi connectivity index (χ0n) is 29.8. The molecule has 0 aliphatic carbocycles. The molecule has 0 spiro atoms. The molecule has 0 atom stereocenters. The van der Waals surface area contributed by atoms with Crippen molar-refractivity contribution in [3.05, 3.63) is 23.8 Å². The molecule has 6 heteroatoms. The Labute approximate surface area is 277 Å². The maximum atomic E-state index is 12.5. The Hall–Kier alpha value is -1.79. The first-order chi connectivity index (χ1) is 22.1. The molecule has 1 aliphatic heterocycles. The molecule has 2 rings (SSSR count). The van der Waals surface area contributed by atoms with Crippen molar-refractivity contribution in [2.45, 2.75) is 155 Å². The highest BCUT2D eigenvalue weighted by molar-refractivity contribution is 5.69. The standard InChI is InChI=1S/C39H70N2O4/c1-4-6-8-10-12-14-16-18-20-22-30-43-37-32-36(35-45-39(42)24-25-41-28-26-40(3)27-29-41)33-38(34-37)44-31-23-21-19-17-15-13-11-9-7-5-2/h32-34H,4-31,35H2,1-3H3. The van der Waals surface area contributed by atoms with Crippen molar-refractivity contribution in [2.75, 3.05) is 53.0 Å². The lowest BCUT2D eigenvalue weighted by Gasteiger charge is -2.31. The van der Waals surface area contributed by atoms with Gasteiger partial charge in [0.15, 0.2) is 0 Å². The fraction of sp³-hybridized carbons (Fsp3) is 0.821. The molecule has 260 valence electrons. The lowest BCUT2D eigenvalue weighted by molar-refractivity contribution is -0.145. The van der Waals surface area contributed by atoms with E-state index < -0.39 is 0 Å². The number of carbonyl (C=O) groups is 1. The van der Waals surface area contributed by atoms with Gasteiger partial charge in [-0.3, -0.25) is 4.79 Å². The SMILES string of the molecule is CCCCCCCCCCCCOc1cc(COC(=O)CCN2CCN(C)CC2)cc(OCCCCCCCCCCCC)c1. The van der Waals surface area contributed by atoms with Crippen molar-refractivity contribution in [2.24, 2.45) is 0 Å². The maximum Gasteiger partial charge on any atom is 0.307 e. The second-order valence-corrected chi connectivity index (χ2v) is 13.4. The molecule has 0 aromatic heterocycles. The largest absolute Gasteiger partial charge is 0.493 e. The van der Waals surface area contributed by atoms with Gasteiger partial charge in [0.05, 0.1) is 19.6 Å². The highest BCUT2D eigenvalue weighted by Gasteiger charge is 2.15. The smallest absolute Gasteiger partial charge is 0.307 e. The number of nitrogens with zero attached hydrogens (tertiary/aromatic N) is 2. The van der Waals surface area contributed by atoms with E-state index in [9.17, 15) is 4.79 Å². The summed E-state index contributed by atoms with van der Waals surface area (Å²) in [5, 5.41) is 0. The topological polar surface area (TPSA) is 51.2 Å². The van der Waals surface area contributed by atoms with E-state index in [-0.39, 0.29) is 12.6 Å². The van der Waals surface area contributed by atoms with E-state index in [0.29, 0.717) is 19.6 Å². The average Bonchev–Trinajstić information content (AvgIpc) is 3.05. The third-order valence-corrected chi connectivity index (χ3v) is 9.10. The highest BCUT2D eigenvalue weighted by atomic mass is 16.5. The molecule has 6 nitrogen and oxygen atoms in total. The summed E-state index contributed by atoms with van der Waals surface area (Å²) in [5.41, 5.74) is 0.932. The van der Waals surface area contributed by atoms with Crippen molar-refractivity contribution in [1.29, 1.82) is 0 Å². The van der Waals surface area contributed by atoms with Crippen LogP contribution in [0, 0.1) is 0 Å². The predicted molar refractivity (Wildman–Crippen MR) is 189 cm³/mol. The monoisotopic (exact) mass is 631 g/mol. The van der Waals surface area contributed by atoms with Crippen molar-refractivity contribution >= 4 is 5.97 Å². The second kappa shape index (κ2) is 27.3. The van der Waals surface area contributed by atoms with Crippen LogP contribution in [-0.4, -0.2) is 68.8 Å². The first-order valence-electron chi connectivity index (χ1n) is 19.1. The van der Waals surface area contributed by atoms with Gasteiger partial charge in [0, 0.05) is 38.8 Å². The van der Waals surface area contributed by atoms with Crippen molar-refractivity contribution in [3.63, 3.8) is 0 Å². The predicted octanol–water partition coefficient (Wildman–Crippen LogP) is 9.97. The molecule has 1 heterocycles. The van der Waals surface area contributed by atoms with E-state index in [0.717, 1.165) is 62.6 Å². The zero-order chi connectivity index (χ0) is 32.2. The summed E-state index contributed by atoms with van der Waals surface area (Å²) in [5.74, 6) is 1.49. The van der Waals surface area contributed by atoms with Gasteiger partial charge in [-0.2, -0.15) is 0 Å². The average molecular weight is 631 g/mol. The Kier molecular flexibility index (Phi) is 23.9. The molecule has 1 fully saturated rings. The Morgan fingerprint density at radius 1 is 0.600 bits per heavy atom. The summed E-state index contributed by atoms with van der Waals surface area (Å²) in [6, 6.07) is 6.03. The minimum absolute atomic E-state index is 0.140. The third-order valence-electron chi connectivity index (χ3n) is 9.10. The number of benzene rings is 1. The lowest BCUT2D eigenvalue weighted by Crippen LogP contribution is -2.45. The van der Waals surface area contributed by atoms with E-state index >= 15 is 0 Å². The summed E-state index contributed by atoms with van der Waals surface area (Å²) in [6.45, 7) is 11.1. The molecule has 0 amide bonds. The number of hydrogen-bond donors (Lipinski definition) is 0. The van der Waals surface area contributed by atoms with E-state index in [4.69, 9.17) is 14.2 Å². The minimum atomic E-state index is -0.140. The van der Waals surface area contributed by atoms with Crippen LogP contribution >= 0.6 is 0 Å². The van der Waals surface area contributed by atoms with Crippen LogP contribution < -0.4 is 9.47 Å². The Morgan fingerprint density at radius 3 is 1.47 bits per heavy atom. The van der Waals surface area contributed by atoms with E-state index in [2.05, 4.69) is 30.7 Å². The number of unbranched alkanes of at least 4 members (excludes halogenated alkanes) is 18. The van der Waals surface area contributed by atoms with Gasteiger partial charge in [-0.25, -0.2) is 0 Å². The van der Waals surface area contributed by atoms with Gasteiger partial charge in [0.1, 0.15) is 18.1 Å². The Morgan fingerprint density at radius 2 is 1.02 bits per heavy atom. The summed E-state index contributed by atoms with van der Waals surface area (Å²) < 4.78 is 18.0. The van der Waals surface area contributed by atoms with Gasteiger partial charge in [0.2, 0.25) is 0 Å².